The number of nitrogens with two attached hydrogens (primary N) is 1. The summed E-state index contributed by atoms with van der Waals surface area (Å²) in [6, 6.07) is 2.53. The van der Waals surface area contributed by atoms with Gasteiger partial charge in [-0.15, -0.1) is 0 Å². The Balaban J connectivity index is 1.94. The summed E-state index contributed by atoms with van der Waals surface area (Å²) in [5.41, 5.74) is 6.74. The highest BCUT2D eigenvalue weighted by molar-refractivity contribution is 5.41. The van der Waals surface area contributed by atoms with Crippen LogP contribution in [0.3, 0.4) is 0 Å². The van der Waals surface area contributed by atoms with Crippen LogP contribution in [-0.2, 0) is 0 Å². The highest BCUT2D eigenvalue weighted by Gasteiger charge is 2.12. The van der Waals surface area contributed by atoms with Gasteiger partial charge < -0.3 is 16.4 Å². The molecule has 19 heavy (non-hydrogen) atoms. The highest BCUT2D eigenvalue weighted by Crippen LogP contribution is 2.17. The maximum Gasteiger partial charge on any atom is 0.222 e. The predicted octanol–water partition coefficient (Wildman–Crippen LogP) is 2.13. The second kappa shape index (κ2) is 6.70. The zero-order valence-electron chi connectivity index (χ0n) is 11.9. The average Bonchev–Trinajstić information content (AvgIpc) is 2.64. The van der Waals surface area contributed by atoms with Crippen LogP contribution in [-0.4, -0.2) is 29.1 Å². The molecular weight excluding hydrogens is 238 g/mol. The van der Waals surface area contributed by atoms with Crippen molar-refractivity contribution >= 4 is 11.8 Å². The quantitative estimate of drug-likeness (QED) is 0.776. The minimum absolute atomic E-state index is 0.350. The predicted molar refractivity (Wildman–Crippen MR) is 79.3 cm³/mol. The van der Waals surface area contributed by atoms with E-state index >= 15 is 0 Å². The van der Waals surface area contributed by atoms with Crippen LogP contribution in [0.5, 0.6) is 0 Å². The topological polar surface area (TPSA) is 75.9 Å². The zero-order chi connectivity index (χ0) is 13.7. The van der Waals surface area contributed by atoms with E-state index in [1.165, 1.54) is 25.7 Å². The van der Waals surface area contributed by atoms with Crippen molar-refractivity contribution in [3.8, 4) is 0 Å². The summed E-state index contributed by atoms with van der Waals surface area (Å²) in [6.45, 7) is 6.24. The molecule has 106 valence electrons. The van der Waals surface area contributed by atoms with Gasteiger partial charge in [-0.2, -0.15) is 4.98 Å². The lowest BCUT2D eigenvalue weighted by molar-refractivity contribution is 0.530. The Morgan fingerprint density at radius 2 is 2.21 bits per heavy atom. The summed E-state index contributed by atoms with van der Waals surface area (Å²) in [5, 5.41) is 6.95. The molecule has 0 aromatic carbocycles. The Morgan fingerprint density at radius 3 is 3.00 bits per heavy atom. The summed E-state index contributed by atoms with van der Waals surface area (Å²) >= 11 is 0. The van der Waals surface area contributed by atoms with E-state index in [1.807, 2.05) is 6.07 Å². The lowest BCUT2D eigenvalue weighted by atomic mass is 10.1. The highest BCUT2D eigenvalue weighted by atomic mass is 15.1. The van der Waals surface area contributed by atoms with Crippen LogP contribution in [0.25, 0.3) is 0 Å². The van der Waals surface area contributed by atoms with Crippen LogP contribution in [0.4, 0.5) is 11.8 Å². The zero-order valence-corrected chi connectivity index (χ0v) is 11.9. The molecule has 0 aliphatic carbocycles. The van der Waals surface area contributed by atoms with Crippen LogP contribution in [0.15, 0.2) is 6.07 Å². The van der Waals surface area contributed by atoms with E-state index in [2.05, 4.69) is 34.4 Å². The van der Waals surface area contributed by atoms with Crippen molar-refractivity contribution in [3.63, 3.8) is 0 Å². The molecule has 1 aliphatic rings. The molecule has 0 saturated carbocycles. The number of nitrogen functional groups attached to an aromatic ring is 1. The van der Waals surface area contributed by atoms with Gasteiger partial charge in [-0.3, -0.25) is 0 Å². The largest absolute Gasteiger partial charge is 0.368 e. The first-order chi connectivity index (χ1) is 9.15. The van der Waals surface area contributed by atoms with Gasteiger partial charge in [0.2, 0.25) is 5.95 Å². The third kappa shape index (κ3) is 4.35. The first-order valence-corrected chi connectivity index (χ1v) is 7.27. The SMILES string of the molecule is CC(C)c1cc(NC[C@@H]2CCCCCN2)nc(N)n1. The fourth-order valence-corrected chi connectivity index (χ4v) is 2.37. The molecule has 0 unspecified atom stereocenters. The molecule has 0 amide bonds. The van der Waals surface area contributed by atoms with Gasteiger partial charge in [0.15, 0.2) is 0 Å². The molecule has 2 heterocycles. The number of hydrogen-bond acceptors (Lipinski definition) is 5. The van der Waals surface area contributed by atoms with E-state index in [0.29, 0.717) is 17.9 Å². The lowest BCUT2D eigenvalue weighted by Crippen LogP contribution is -2.34. The molecule has 4 N–H and O–H groups in total. The molecule has 1 aromatic rings. The molecule has 1 aromatic heterocycles. The van der Waals surface area contributed by atoms with Gasteiger partial charge in [0.1, 0.15) is 5.82 Å². The third-order valence-electron chi connectivity index (χ3n) is 3.55. The van der Waals surface area contributed by atoms with Crippen molar-refractivity contribution in [2.24, 2.45) is 0 Å². The molecule has 1 fully saturated rings. The van der Waals surface area contributed by atoms with Crippen molar-refractivity contribution in [2.45, 2.75) is 51.5 Å². The smallest absolute Gasteiger partial charge is 0.222 e. The van der Waals surface area contributed by atoms with Gasteiger partial charge in [-0.25, -0.2) is 4.98 Å². The summed E-state index contributed by atoms with van der Waals surface area (Å²) in [7, 11) is 0. The molecule has 1 atom stereocenters. The van der Waals surface area contributed by atoms with Gasteiger partial charge in [-0.05, 0) is 25.3 Å². The summed E-state index contributed by atoms with van der Waals surface area (Å²) in [4.78, 5) is 8.51. The van der Waals surface area contributed by atoms with Crippen molar-refractivity contribution in [1.82, 2.24) is 15.3 Å². The van der Waals surface area contributed by atoms with Crippen LogP contribution >= 0.6 is 0 Å². The molecule has 0 radical (unpaired) electrons. The molecule has 5 heteroatoms. The van der Waals surface area contributed by atoms with Crippen LogP contribution in [0.2, 0.25) is 0 Å². The molecule has 1 saturated heterocycles. The number of rotatable bonds is 4. The van der Waals surface area contributed by atoms with Crippen molar-refractivity contribution in [2.75, 3.05) is 24.1 Å². The van der Waals surface area contributed by atoms with Crippen LogP contribution in [0.1, 0.15) is 51.1 Å². The molecule has 0 spiro atoms. The Bertz CT molecular complexity index is 397. The number of nitrogens with zero attached hydrogens (tertiary/aromatic N) is 2. The number of hydrogen-bond donors (Lipinski definition) is 3. The molecule has 5 nitrogen and oxygen atoms in total. The van der Waals surface area contributed by atoms with Gasteiger partial charge in [0, 0.05) is 18.7 Å². The van der Waals surface area contributed by atoms with Gasteiger partial charge >= 0.3 is 0 Å². The number of nitrogens with one attached hydrogen (secondary N) is 2. The Kier molecular flexibility index (Phi) is 4.96. The number of anilines is 2. The fraction of sp³-hybridized carbons (Fsp3) is 0.714. The third-order valence-corrected chi connectivity index (χ3v) is 3.55. The first kappa shape index (κ1) is 14.1. The average molecular weight is 263 g/mol. The second-order valence-corrected chi connectivity index (χ2v) is 5.57. The summed E-state index contributed by atoms with van der Waals surface area (Å²) in [5.74, 6) is 1.55. The normalized spacial score (nSPS) is 20.3. The van der Waals surface area contributed by atoms with Gasteiger partial charge in [0.25, 0.3) is 0 Å². The van der Waals surface area contributed by atoms with Crippen LogP contribution < -0.4 is 16.4 Å². The van der Waals surface area contributed by atoms with E-state index in [4.69, 9.17) is 5.73 Å². The van der Waals surface area contributed by atoms with Gasteiger partial charge in [0.05, 0.1) is 5.69 Å². The minimum atomic E-state index is 0.350. The molecule has 0 bridgehead atoms. The Labute approximate surface area is 115 Å². The Morgan fingerprint density at radius 1 is 1.37 bits per heavy atom. The number of aromatic nitrogens is 2. The summed E-state index contributed by atoms with van der Waals surface area (Å²) in [6.07, 6.45) is 5.16. The van der Waals surface area contributed by atoms with Crippen molar-refractivity contribution in [1.29, 1.82) is 0 Å². The fourth-order valence-electron chi connectivity index (χ4n) is 2.37. The van der Waals surface area contributed by atoms with E-state index in [0.717, 1.165) is 24.6 Å². The standard InChI is InChI=1S/C14H25N5/c1-10(2)12-8-13(19-14(15)18-12)17-9-11-6-4-3-5-7-16-11/h8,10-11,16H,3-7,9H2,1-2H3,(H3,15,17,18,19)/t11-/m0/s1. The van der Waals surface area contributed by atoms with Crippen molar-refractivity contribution < 1.29 is 0 Å². The van der Waals surface area contributed by atoms with E-state index < -0.39 is 0 Å². The lowest BCUT2D eigenvalue weighted by Gasteiger charge is -2.17. The van der Waals surface area contributed by atoms with Crippen molar-refractivity contribution in [3.05, 3.63) is 11.8 Å². The van der Waals surface area contributed by atoms with E-state index in [-0.39, 0.29) is 0 Å². The molecule has 1 aliphatic heterocycles. The maximum atomic E-state index is 5.75. The monoisotopic (exact) mass is 263 g/mol. The second-order valence-electron chi connectivity index (χ2n) is 5.57. The van der Waals surface area contributed by atoms with Crippen LogP contribution in [0, 0.1) is 0 Å². The van der Waals surface area contributed by atoms with E-state index in [9.17, 15) is 0 Å². The first-order valence-electron chi connectivity index (χ1n) is 7.27. The Hall–Kier alpha value is -1.36. The minimum Gasteiger partial charge on any atom is -0.368 e. The maximum absolute atomic E-state index is 5.75. The summed E-state index contributed by atoms with van der Waals surface area (Å²) < 4.78 is 0. The van der Waals surface area contributed by atoms with Gasteiger partial charge in [-0.1, -0.05) is 26.7 Å². The van der Waals surface area contributed by atoms with E-state index in [1.54, 1.807) is 0 Å². The molecular formula is C14H25N5. The molecule has 2 rings (SSSR count).